The summed E-state index contributed by atoms with van der Waals surface area (Å²) in [5, 5.41) is 22.8. The molecular weight excluding hydrogens is 403 g/mol. The van der Waals surface area contributed by atoms with E-state index in [-0.39, 0.29) is 24.2 Å². The van der Waals surface area contributed by atoms with Gasteiger partial charge in [0.05, 0.1) is 6.10 Å². The highest BCUT2D eigenvalue weighted by atomic mass is 19.1. The van der Waals surface area contributed by atoms with Gasteiger partial charge < -0.3 is 14.9 Å². The number of esters is 1. The monoisotopic (exact) mass is 432 g/mol. The van der Waals surface area contributed by atoms with E-state index in [1.54, 1.807) is 19.9 Å². The van der Waals surface area contributed by atoms with Gasteiger partial charge in [-0.05, 0) is 56.3 Å². The molecule has 0 unspecified atom stereocenters. The third kappa shape index (κ3) is 2.59. The van der Waals surface area contributed by atoms with E-state index >= 15 is 4.39 Å². The fraction of sp³-hybridized carbons (Fsp3) is 0.625. The molecule has 0 radical (unpaired) electrons. The maximum absolute atomic E-state index is 17.0. The fourth-order valence-corrected chi connectivity index (χ4v) is 6.96. The van der Waals surface area contributed by atoms with Crippen LogP contribution in [0.2, 0.25) is 0 Å². The molecule has 31 heavy (non-hydrogen) atoms. The molecule has 6 nitrogen and oxygen atoms in total. The zero-order valence-corrected chi connectivity index (χ0v) is 18.1. The summed E-state index contributed by atoms with van der Waals surface area (Å²) in [5.41, 5.74) is -5.46. The molecule has 0 amide bonds. The van der Waals surface area contributed by atoms with Crippen LogP contribution in [-0.4, -0.2) is 51.7 Å². The summed E-state index contributed by atoms with van der Waals surface area (Å²) in [6, 6.07) is 0. The van der Waals surface area contributed by atoms with Crippen LogP contribution < -0.4 is 0 Å². The van der Waals surface area contributed by atoms with Crippen molar-refractivity contribution in [2.24, 2.45) is 22.7 Å². The van der Waals surface area contributed by atoms with Crippen molar-refractivity contribution < 1.29 is 33.7 Å². The molecule has 0 heterocycles. The molecule has 0 bridgehead atoms. The number of carbonyl (C=O) groups is 3. The number of rotatable bonds is 3. The first-order valence-corrected chi connectivity index (χ1v) is 10.7. The van der Waals surface area contributed by atoms with Gasteiger partial charge in [-0.1, -0.05) is 25.2 Å². The highest BCUT2D eigenvalue weighted by Crippen LogP contribution is 2.70. The van der Waals surface area contributed by atoms with E-state index in [4.69, 9.17) is 4.74 Å². The number of aliphatic hydroxyl groups excluding tert-OH is 1. The molecule has 0 aliphatic heterocycles. The summed E-state index contributed by atoms with van der Waals surface area (Å²) >= 11 is 0. The summed E-state index contributed by atoms with van der Waals surface area (Å²) in [5.74, 6) is -2.63. The number of alkyl halides is 1. The van der Waals surface area contributed by atoms with Crippen molar-refractivity contribution in [1.29, 1.82) is 0 Å². The van der Waals surface area contributed by atoms with E-state index in [9.17, 15) is 24.6 Å². The minimum atomic E-state index is -2.05. The van der Waals surface area contributed by atoms with Gasteiger partial charge in [-0.15, -0.1) is 0 Å². The number of halogens is 1. The molecule has 0 aromatic rings. The first kappa shape index (κ1) is 22.1. The van der Waals surface area contributed by atoms with Gasteiger partial charge in [-0.3, -0.25) is 14.4 Å². The highest BCUT2D eigenvalue weighted by Gasteiger charge is 2.75. The van der Waals surface area contributed by atoms with Crippen molar-refractivity contribution in [3.8, 4) is 0 Å². The van der Waals surface area contributed by atoms with Crippen LogP contribution in [0.5, 0.6) is 0 Å². The van der Waals surface area contributed by atoms with E-state index in [1.165, 1.54) is 19.1 Å². The maximum atomic E-state index is 17.0. The van der Waals surface area contributed by atoms with Crippen molar-refractivity contribution in [2.45, 2.75) is 63.8 Å². The Balaban J connectivity index is 1.77. The number of hydrogen-bond acceptors (Lipinski definition) is 6. The van der Waals surface area contributed by atoms with Gasteiger partial charge in [0.25, 0.3) is 0 Å². The summed E-state index contributed by atoms with van der Waals surface area (Å²) < 4.78 is 21.8. The number of carbonyl (C=O) groups excluding carboxylic acids is 3. The average Bonchev–Trinajstić information content (AvgIpc) is 2.89. The minimum absolute atomic E-state index is 0.156. The van der Waals surface area contributed by atoms with Gasteiger partial charge in [0.1, 0.15) is 0 Å². The van der Waals surface area contributed by atoms with Crippen LogP contribution in [-0.2, 0) is 19.1 Å². The third-order valence-electron chi connectivity index (χ3n) is 8.65. The molecule has 4 aliphatic rings. The lowest BCUT2D eigenvalue weighted by Crippen LogP contribution is -2.69. The largest absolute Gasteiger partial charge is 0.458 e. The summed E-state index contributed by atoms with van der Waals surface area (Å²) in [4.78, 5) is 36.1. The van der Waals surface area contributed by atoms with Gasteiger partial charge in [-0.25, -0.2) is 4.39 Å². The van der Waals surface area contributed by atoms with Crippen LogP contribution in [0.1, 0.15) is 46.5 Å². The minimum Gasteiger partial charge on any atom is -0.458 e. The molecule has 3 fully saturated rings. The van der Waals surface area contributed by atoms with E-state index in [2.05, 4.69) is 6.58 Å². The molecule has 0 aromatic heterocycles. The van der Waals surface area contributed by atoms with Crippen LogP contribution in [0, 0.1) is 22.7 Å². The molecule has 3 saturated carbocycles. The topological polar surface area (TPSA) is 101 Å². The number of ether oxygens (including phenoxy) is 1. The standard InChI is InChI=1S/C24H29FO6/c1-13-9-18-17-6-5-15-10-16(27)7-8-21(15,3)23(17,25)19(28)11-22(18,4)24(13,30)20(29)12-31-14(2)26/h7-8,10,17-19,28,30H,1,5-6,9,11-12H2,2-4H3/t17-,18-,19+,21+,22+,23-,24-/m1/s1. The van der Waals surface area contributed by atoms with Gasteiger partial charge >= 0.3 is 5.97 Å². The zero-order valence-electron chi connectivity index (χ0n) is 18.1. The Labute approximate surface area is 180 Å². The molecule has 4 aliphatic carbocycles. The molecule has 2 N–H and O–H groups in total. The quantitative estimate of drug-likeness (QED) is 0.525. The number of fused-ring (bicyclic) bond motifs is 5. The summed E-state index contributed by atoms with van der Waals surface area (Å²) in [6.45, 7) is 7.90. The Morgan fingerprint density at radius 1 is 1.32 bits per heavy atom. The zero-order chi connectivity index (χ0) is 23.0. The fourth-order valence-electron chi connectivity index (χ4n) is 6.96. The Morgan fingerprint density at radius 2 is 2.00 bits per heavy atom. The van der Waals surface area contributed by atoms with Crippen molar-refractivity contribution >= 4 is 17.5 Å². The normalized spacial score (nSPS) is 46.0. The number of Topliss-reactive ketones (excluding diaryl/α,β-unsaturated/α-hetero) is 1. The number of allylic oxidation sites excluding steroid dienone is 4. The lowest BCUT2D eigenvalue weighted by atomic mass is 9.44. The average molecular weight is 432 g/mol. The first-order chi connectivity index (χ1) is 14.3. The molecular formula is C24H29FO6. The van der Waals surface area contributed by atoms with Crippen LogP contribution in [0.25, 0.3) is 0 Å². The second kappa shape index (κ2) is 6.69. The molecule has 0 aromatic carbocycles. The Kier molecular flexibility index (Phi) is 4.77. The maximum Gasteiger partial charge on any atom is 0.303 e. The second-order valence-electron chi connectivity index (χ2n) is 9.99. The van der Waals surface area contributed by atoms with Crippen molar-refractivity contribution in [1.82, 2.24) is 0 Å². The second-order valence-corrected chi connectivity index (χ2v) is 9.99. The molecule has 7 atom stereocenters. The van der Waals surface area contributed by atoms with Gasteiger partial charge in [0.2, 0.25) is 5.78 Å². The van der Waals surface area contributed by atoms with E-state index in [0.717, 1.165) is 0 Å². The van der Waals surface area contributed by atoms with Crippen LogP contribution >= 0.6 is 0 Å². The highest BCUT2D eigenvalue weighted by molar-refractivity contribution is 6.01. The molecule has 4 rings (SSSR count). The Bertz CT molecular complexity index is 952. The lowest BCUT2D eigenvalue weighted by molar-refractivity contribution is -0.215. The predicted molar refractivity (Wildman–Crippen MR) is 109 cm³/mol. The lowest BCUT2D eigenvalue weighted by Gasteiger charge is -2.62. The Morgan fingerprint density at radius 3 is 2.65 bits per heavy atom. The predicted octanol–water partition coefficient (Wildman–Crippen LogP) is 2.39. The number of hydrogen-bond donors (Lipinski definition) is 2. The van der Waals surface area contributed by atoms with E-state index in [1.807, 2.05) is 0 Å². The SMILES string of the molecule is C=C1C[C@@H]2[C@H]3CCC4=CC(=O)C=C[C@]4(C)[C@]3(F)[C@@H](O)C[C@]2(C)[C@]1(O)C(=O)COC(C)=O. The molecule has 0 saturated heterocycles. The van der Waals surface area contributed by atoms with Gasteiger partial charge in [0, 0.05) is 23.7 Å². The smallest absolute Gasteiger partial charge is 0.303 e. The molecule has 7 heteroatoms. The van der Waals surface area contributed by atoms with Gasteiger partial charge in [-0.2, -0.15) is 0 Å². The van der Waals surface area contributed by atoms with Crippen molar-refractivity contribution in [3.63, 3.8) is 0 Å². The van der Waals surface area contributed by atoms with Gasteiger partial charge in [0.15, 0.2) is 23.7 Å². The number of ketones is 2. The molecule has 0 spiro atoms. The van der Waals surface area contributed by atoms with Crippen LogP contribution in [0.3, 0.4) is 0 Å². The first-order valence-electron chi connectivity index (χ1n) is 10.7. The summed E-state index contributed by atoms with van der Waals surface area (Å²) in [6.07, 6.45) is 3.86. The van der Waals surface area contributed by atoms with E-state index in [0.29, 0.717) is 18.4 Å². The molecule has 168 valence electrons. The third-order valence-corrected chi connectivity index (χ3v) is 8.65. The summed E-state index contributed by atoms with van der Waals surface area (Å²) in [7, 11) is 0. The number of aliphatic hydroxyl groups is 2. The van der Waals surface area contributed by atoms with Crippen molar-refractivity contribution in [2.75, 3.05) is 6.61 Å². The van der Waals surface area contributed by atoms with E-state index < -0.39 is 58.4 Å². The Hall–Kier alpha value is -2.12. The van der Waals surface area contributed by atoms with Crippen LogP contribution in [0.15, 0.2) is 36.0 Å². The van der Waals surface area contributed by atoms with Crippen LogP contribution in [0.4, 0.5) is 4.39 Å². The van der Waals surface area contributed by atoms with Crippen molar-refractivity contribution in [3.05, 3.63) is 36.0 Å².